The Morgan fingerprint density at radius 1 is 1.38 bits per heavy atom. The van der Waals surface area contributed by atoms with Crippen LogP contribution in [0.3, 0.4) is 0 Å². The molecule has 2 N–H and O–H groups in total. The van der Waals surface area contributed by atoms with Gasteiger partial charge in [-0.2, -0.15) is 0 Å². The van der Waals surface area contributed by atoms with E-state index >= 15 is 0 Å². The Hall–Kier alpha value is -1.22. The van der Waals surface area contributed by atoms with E-state index in [-0.39, 0.29) is 0 Å². The fourth-order valence-electron chi connectivity index (χ4n) is 1.71. The topological polar surface area (TPSA) is 38.5 Å². The van der Waals surface area contributed by atoms with Gasteiger partial charge >= 0.3 is 0 Å². The maximum atomic E-state index is 5.74. The standard InChI is InChI=1S/C13H22N2O/c1-4-5-8-15(2)13-9-12(16-3)7-6-11(13)10-14/h6-7,9H,4-5,8,10,14H2,1-3H3. The van der Waals surface area contributed by atoms with Crippen molar-refractivity contribution in [1.29, 1.82) is 0 Å². The van der Waals surface area contributed by atoms with Gasteiger partial charge in [0.2, 0.25) is 0 Å². The number of ether oxygens (including phenoxy) is 1. The Morgan fingerprint density at radius 3 is 2.69 bits per heavy atom. The summed E-state index contributed by atoms with van der Waals surface area (Å²) in [5, 5.41) is 0. The van der Waals surface area contributed by atoms with E-state index in [9.17, 15) is 0 Å². The maximum Gasteiger partial charge on any atom is 0.120 e. The van der Waals surface area contributed by atoms with E-state index in [4.69, 9.17) is 10.5 Å². The van der Waals surface area contributed by atoms with Gasteiger partial charge in [-0.1, -0.05) is 19.4 Å². The molecular formula is C13H22N2O. The normalized spacial score (nSPS) is 10.2. The lowest BCUT2D eigenvalue weighted by Gasteiger charge is -2.22. The zero-order chi connectivity index (χ0) is 12.0. The fraction of sp³-hybridized carbons (Fsp3) is 0.538. The number of nitrogens with two attached hydrogens (primary N) is 1. The summed E-state index contributed by atoms with van der Waals surface area (Å²) in [5.41, 5.74) is 8.08. The van der Waals surface area contributed by atoms with Crippen LogP contribution in [0.15, 0.2) is 18.2 Å². The minimum Gasteiger partial charge on any atom is -0.497 e. The second kappa shape index (κ2) is 6.38. The Labute approximate surface area is 98.2 Å². The molecule has 3 nitrogen and oxygen atoms in total. The zero-order valence-corrected chi connectivity index (χ0v) is 10.5. The van der Waals surface area contributed by atoms with Crippen molar-refractivity contribution in [2.75, 3.05) is 25.6 Å². The second-order valence-corrected chi connectivity index (χ2v) is 3.97. The molecule has 0 aromatic heterocycles. The van der Waals surface area contributed by atoms with Gasteiger partial charge in [0.25, 0.3) is 0 Å². The Bertz CT molecular complexity index is 326. The number of benzene rings is 1. The van der Waals surface area contributed by atoms with Gasteiger partial charge in [-0.3, -0.25) is 0 Å². The molecule has 0 saturated heterocycles. The monoisotopic (exact) mass is 222 g/mol. The molecule has 0 unspecified atom stereocenters. The summed E-state index contributed by atoms with van der Waals surface area (Å²) in [5.74, 6) is 0.885. The van der Waals surface area contributed by atoms with Crippen molar-refractivity contribution in [2.45, 2.75) is 26.3 Å². The van der Waals surface area contributed by atoms with Crippen molar-refractivity contribution in [3.8, 4) is 5.75 Å². The molecule has 0 amide bonds. The summed E-state index contributed by atoms with van der Waals surface area (Å²) in [6, 6.07) is 6.05. The fourth-order valence-corrected chi connectivity index (χ4v) is 1.71. The lowest BCUT2D eigenvalue weighted by Crippen LogP contribution is -2.20. The number of nitrogens with zero attached hydrogens (tertiary/aromatic N) is 1. The molecule has 0 aliphatic rings. The van der Waals surface area contributed by atoms with Crippen molar-refractivity contribution in [3.05, 3.63) is 23.8 Å². The van der Waals surface area contributed by atoms with E-state index in [1.807, 2.05) is 12.1 Å². The lowest BCUT2D eigenvalue weighted by molar-refractivity contribution is 0.414. The Balaban J connectivity index is 2.89. The van der Waals surface area contributed by atoms with Crippen LogP contribution >= 0.6 is 0 Å². The summed E-state index contributed by atoms with van der Waals surface area (Å²) >= 11 is 0. The molecule has 0 heterocycles. The van der Waals surface area contributed by atoms with E-state index in [1.54, 1.807) is 7.11 Å². The van der Waals surface area contributed by atoms with Crippen LogP contribution in [-0.4, -0.2) is 20.7 Å². The second-order valence-electron chi connectivity index (χ2n) is 3.97. The van der Waals surface area contributed by atoms with Crippen LogP contribution in [0, 0.1) is 0 Å². The molecule has 16 heavy (non-hydrogen) atoms. The molecule has 0 fully saturated rings. The number of hydrogen-bond donors (Lipinski definition) is 1. The first kappa shape index (κ1) is 12.8. The van der Waals surface area contributed by atoms with Gasteiger partial charge in [0, 0.05) is 31.9 Å². The number of rotatable bonds is 6. The highest BCUT2D eigenvalue weighted by Gasteiger charge is 2.07. The minimum atomic E-state index is 0.565. The quantitative estimate of drug-likeness (QED) is 0.803. The summed E-state index contributed by atoms with van der Waals surface area (Å²) < 4.78 is 5.24. The van der Waals surface area contributed by atoms with Crippen LogP contribution in [0.5, 0.6) is 5.75 Å². The van der Waals surface area contributed by atoms with Crippen LogP contribution in [-0.2, 0) is 6.54 Å². The van der Waals surface area contributed by atoms with Gasteiger partial charge in [0.15, 0.2) is 0 Å². The minimum absolute atomic E-state index is 0.565. The summed E-state index contributed by atoms with van der Waals surface area (Å²) in [6.07, 6.45) is 2.39. The summed E-state index contributed by atoms with van der Waals surface area (Å²) in [4.78, 5) is 2.24. The predicted molar refractivity (Wildman–Crippen MR) is 69.1 cm³/mol. The first-order chi connectivity index (χ1) is 7.72. The molecule has 1 aromatic rings. The number of anilines is 1. The molecule has 0 saturated carbocycles. The molecule has 0 aliphatic heterocycles. The molecule has 3 heteroatoms. The Kier molecular flexibility index (Phi) is 5.12. The molecule has 0 bridgehead atoms. The highest BCUT2D eigenvalue weighted by Crippen LogP contribution is 2.25. The largest absolute Gasteiger partial charge is 0.497 e. The number of unbranched alkanes of at least 4 members (excludes halogenated alkanes) is 1. The van der Waals surface area contributed by atoms with Crippen LogP contribution in [0.4, 0.5) is 5.69 Å². The van der Waals surface area contributed by atoms with Crippen molar-refractivity contribution in [3.63, 3.8) is 0 Å². The molecule has 1 rings (SSSR count). The lowest BCUT2D eigenvalue weighted by atomic mass is 10.1. The van der Waals surface area contributed by atoms with E-state index < -0.39 is 0 Å². The van der Waals surface area contributed by atoms with Crippen molar-refractivity contribution in [2.24, 2.45) is 5.73 Å². The molecule has 90 valence electrons. The third kappa shape index (κ3) is 3.14. The van der Waals surface area contributed by atoms with Crippen molar-refractivity contribution < 1.29 is 4.74 Å². The maximum absolute atomic E-state index is 5.74. The molecule has 0 atom stereocenters. The molecule has 1 aromatic carbocycles. The third-order valence-corrected chi connectivity index (χ3v) is 2.77. The van der Waals surface area contributed by atoms with Gasteiger partial charge in [-0.25, -0.2) is 0 Å². The number of hydrogen-bond acceptors (Lipinski definition) is 3. The molecule has 0 spiro atoms. The van der Waals surface area contributed by atoms with E-state index in [1.165, 1.54) is 24.1 Å². The van der Waals surface area contributed by atoms with E-state index in [0.29, 0.717) is 6.54 Å². The SMILES string of the molecule is CCCCN(C)c1cc(OC)ccc1CN. The van der Waals surface area contributed by atoms with Gasteiger partial charge < -0.3 is 15.4 Å². The van der Waals surface area contributed by atoms with Crippen molar-refractivity contribution >= 4 is 5.69 Å². The van der Waals surface area contributed by atoms with E-state index in [0.717, 1.165) is 12.3 Å². The first-order valence-corrected chi connectivity index (χ1v) is 5.81. The van der Waals surface area contributed by atoms with Crippen molar-refractivity contribution in [1.82, 2.24) is 0 Å². The average molecular weight is 222 g/mol. The van der Waals surface area contributed by atoms with Gasteiger partial charge in [0.1, 0.15) is 5.75 Å². The van der Waals surface area contributed by atoms with Gasteiger partial charge in [0.05, 0.1) is 7.11 Å². The summed E-state index contributed by atoms with van der Waals surface area (Å²) in [6.45, 7) is 3.82. The highest BCUT2D eigenvalue weighted by atomic mass is 16.5. The number of methoxy groups -OCH3 is 1. The van der Waals surface area contributed by atoms with Crippen LogP contribution < -0.4 is 15.4 Å². The predicted octanol–water partition coefficient (Wildman–Crippen LogP) is 2.39. The van der Waals surface area contributed by atoms with Crippen LogP contribution in [0.1, 0.15) is 25.3 Å². The average Bonchev–Trinajstić information content (AvgIpc) is 2.35. The van der Waals surface area contributed by atoms with E-state index in [2.05, 4.69) is 24.9 Å². The zero-order valence-electron chi connectivity index (χ0n) is 10.5. The van der Waals surface area contributed by atoms with Gasteiger partial charge in [-0.05, 0) is 18.1 Å². The third-order valence-electron chi connectivity index (χ3n) is 2.77. The smallest absolute Gasteiger partial charge is 0.120 e. The highest BCUT2D eigenvalue weighted by molar-refractivity contribution is 5.56. The van der Waals surface area contributed by atoms with Crippen LogP contribution in [0.25, 0.3) is 0 Å². The molecule has 0 radical (unpaired) electrons. The first-order valence-electron chi connectivity index (χ1n) is 5.81. The van der Waals surface area contributed by atoms with Crippen LogP contribution in [0.2, 0.25) is 0 Å². The Morgan fingerprint density at radius 2 is 2.12 bits per heavy atom. The van der Waals surface area contributed by atoms with Gasteiger partial charge in [-0.15, -0.1) is 0 Å². The summed E-state index contributed by atoms with van der Waals surface area (Å²) in [7, 11) is 3.79. The molecule has 0 aliphatic carbocycles. The molecular weight excluding hydrogens is 200 g/mol.